The van der Waals surface area contributed by atoms with Crippen molar-refractivity contribution in [3.05, 3.63) is 41.3 Å². The average molecular weight is 373 g/mol. The van der Waals surface area contributed by atoms with Crippen LogP contribution in [0.4, 0.5) is 0 Å². The van der Waals surface area contributed by atoms with E-state index in [4.69, 9.17) is 14.0 Å². The molecule has 1 fully saturated rings. The molecule has 0 bridgehead atoms. The summed E-state index contributed by atoms with van der Waals surface area (Å²) in [4.78, 5) is 14.4. The summed E-state index contributed by atoms with van der Waals surface area (Å²) in [5.74, 6) is 1.80. The Hall–Kier alpha value is -2.58. The van der Waals surface area contributed by atoms with Crippen LogP contribution in [0.25, 0.3) is 0 Å². The first-order chi connectivity index (χ1) is 13.1. The molecule has 1 aromatic heterocycles. The molecule has 2 aliphatic heterocycles. The number of hydrogen-bond acceptors (Lipinski definition) is 7. The topological polar surface area (TPSA) is 97.1 Å². The van der Waals surface area contributed by atoms with Crippen molar-refractivity contribution in [2.45, 2.75) is 32.0 Å². The fourth-order valence-corrected chi connectivity index (χ4v) is 3.47. The molecule has 8 nitrogen and oxygen atoms in total. The van der Waals surface area contributed by atoms with Gasteiger partial charge in [0.1, 0.15) is 19.0 Å². The number of carbonyl (C=O) groups excluding carboxylic acids is 1. The van der Waals surface area contributed by atoms with E-state index in [1.54, 1.807) is 13.0 Å². The summed E-state index contributed by atoms with van der Waals surface area (Å²) in [5, 5.41) is 17.0. The van der Waals surface area contributed by atoms with E-state index in [0.717, 1.165) is 23.6 Å². The molecule has 27 heavy (non-hydrogen) atoms. The quantitative estimate of drug-likeness (QED) is 0.829. The number of aromatic nitrogens is 1. The lowest BCUT2D eigenvalue weighted by atomic mass is 10.0. The van der Waals surface area contributed by atoms with Crippen molar-refractivity contribution >= 4 is 5.91 Å². The smallest absolute Gasteiger partial charge is 0.273 e. The molecule has 2 N–H and O–H groups in total. The third kappa shape index (κ3) is 4.06. The second-order valence-corrected chi connectivity index (χ2v) is 6.97. The van der Waals surface area contributed by atoms with Crippen LogP contribution < -0.4 is 14.8 Å². The van der Waals surface area contributed by atoms with Crippen molar-refractivity contribution in [3.8, 4) is 11.5 Å². The molecule has 2 atom stereocenters. The van der Waals surface area contributed by atoms with Crippen LogP contribution in [-0.2, 0) is 6.54 Å². The maximum absolute atomic E-state index is 12.2. The molecule has 0 saturated carbocycles. The van der Waals surface area contributed by atoms with E-state index >= 15 is 0 Å². The molecule has 2 aromatic rings. The molecule has 0 aliphatic carbocycles. The Morgan fingerprint density at radius 2 is 2.11 bits per heavy atom. The van der Waals surface area contributed by atoms with E-state index in [1.807, 2.05) is 18.2 Å². The number of benzene rings is 1. The molecule has 4 rings (SSSR count). The minimum Gasteiger partial charge on any atom is -0.486 e. The second-order valence-electron chi connectivity index (χ2n) is 6.97. The summed E-state index contributed by atoms with van der Waals surface area (Å²) in [5.41, 5.74) is 1.34. The standard InChI is InChI=1S/C19H23N3O5/c1-12-8-15(21-27-12)19(24)20-14-4-5-22(11-16(14)23)10-13-2-3-17-18(9-13)26-7-6-25-17/h2-3,8-9,14,16,23H,4-7,10-11H2,1H3,(H,20,24)/t14-,16-/m1/s1. The fraction of sp³-hybridized carbons (Fsp3) is 0.474. The maximum atomic E-state index is 12.2. The molecule has 0 spiro atoms. The first-order valence-corrected chi connectivity index (χ1v) is 9.11. The number of ether oxygens (including phenoxy) is 2. The number of likely N-dealkylation sites (tertiary alicyclic amines) is 1. The molecule has 0 unspecified atom stereocenters. The summed E-state index contributed by atoms with van der Waals surface area (Å²) in [6, 6.07) is 7.21. The van der Waals surface area contributed by atoms with Crippen LogP contribution >= 0.6 is 0 Å². The molecule has 1 saturated heterocycles. The maximum Gasteiger partial charge on any atom is 0.273 e. The lowest BCUT2D eigenvalue weighted by Gasteiger charge is -2.36. The number of aliphatic hydroxyl groups excluding tert-OH is 1. The third-order valence-electron chi connectivity index (χ3n) is 4.86. The lowest BCUT2D eigenvalue weighted by molar-refractivity contribution is 0.0347. The Morgan fingerprint density at radius 1 is 1.30 bits per heavy atom. The molecule has 0 radical (unpaired) electrons. The highest BCUT2D eigenvalue weighted by atomic mass is 16.6. The number of aryl methyl sites for hydroxylation is 1. The molecule has 1 amide bonds. The van der Waals surface area contributed by atoms with Gasteiger partial charge in [0.2, 0.25) is 0 Å². The number of rotatable bonds is 4. The number of amides is 1. The van der Waals surface area contributed by atoms with Gasteiger partial charge in [-0.1, -0.05) is 11.2 Å². The highest BCUT2D eigenvalue weighted by Gasteiger charge is 2.30. The molecule has 144 valence electrons. The highest BCUT2D eigenvalue weighted by molar-refractivity contribution is 5.92. The van der Waals surface area contributed by atoms with Gasteiger partial charge in [-0.15, -0.1) is 0 Å². The number of aliphatic hydroxyl groups is 1. The van der Waals surface area contributed by atoms with Gasteiger partial charge in [-0.25, -0.2) is 0 Å². The monoisotopic (exact) mass is 373 g/mol. The number of piperidine rings is 1. The number of nitrogens with zero attached hydrogens (tertiary/aromatic N) is 2. The van der Waals surface area contributed by atoms with Gasteiger partial charge < -0.3 is 24.4 Å². The number of fused-ring (bicyclic) bond motifs is 1. The SMILES string of the molecule is Cc1cc(C(=O)N[C@@H]2CCN(Cc3ccc4c(c3)OCCO4)C[C@H]2O)no1. The number of carbonyl (C=O) groups is 1. The van der Waals surface area contributed by atoms with E-state index in [0.29, 0.717) is 38.5 Å². The van der Waals surface area contributed by atoms with Crippen LogP contribution in [0.3, 0.4) is 0 Å². The number of β-amino-alcohol motifs (C(OH)–C–C–N with tert-alkyl or cyclic N) is 1. The minimum absolute atomic E-state index is 0.235. The van der Waals surface area contributed by atoms with Gasteiger partial charge in [0, 0.05) is 25.7 Å². The van der Waals surface area contributed by atoms with Gasteiger partial charge in [-0.05, 0) is 31.0 Å². The van der Waals surface area contributed by atoms with E-state index < -0.39 is 6.10 Å². The van der Waals surface area contributed by atoms with Crippen molar-refractivity contribution in [1.82, 2.24) is 15.4 Å². The van der Waals surface area contributed by atoms with Gasteiger partial charge in [-0.3, -0.25) is 9.69 Å². The van der Waals surface area contributed by atoms with Crippen molar-refractivity contribution in [3.63, 3.8) is 0 Å². The van der Waals surface area contributed by atoms with E-state index in [1.165, 1.54) is 0 Å². The number of hydrogen-bond donors (Lipinski definition) is 2. The molecular weight excluding hydrogens is 350 g/mol. The van der Waals surface area contributed by atoms with Gasteiger partial charge in [-0.2, -0.15) is 0 Å². The molecule has 3 heterocycles. The van der Waals surface area contributed by atoms with Gasteiger partial charge in [0.05, 0.1) is 12.1 Å². The van der Waals surface area contributed by atoms with E-state index in [9.17, 15) is 9.90 Å². The minimum atomic E-state index is -0.645. The van der Waals surface area contributed by atoms with E-state index in [2.05, 4.69) is 15.4 Å². The van der Waals surface area contributed by atoms with Gasteiger partial charge in [0.15, 0.2) is 17.2 Å². The third-order valence-corrected chi connectivity index (χ3v) is 4.86. The first kappa shape index (κ1) is 17.8. The van der Waals surface area contributed by atoms with Gasteiger partial charge in [0.25, 0.3) is 5.91 Å². The average Bonchev–Trinajstić information content (AvgIpc) is 3.10. The Labute approximate surface area is 157 Å². The second kappa shape index (κ2) is 7.58. The van der Waals surface area contributed by atoms with Crippen molar-refractivity contribution in [2.75, 3.05) is 26.3 Å². The summed E-state index contributed by atoms with van der Waals surface area (Å²) >= 11 is 0. The Balaban J connectivity index is 1.32. The lowest BCUT2D eigenvalue weighted by Crippen LogP contribution is -2.53. The van der Waals surface area contributed by atoms with Crippen molar-refractivity contribution in [2.24, 2.45) is 0 Å². The van der Waals surface area contributed by atoms with Crippen molar-refractivity contribution in [1.29, 1.82) is 0 Å². The van der Waals surface area contributed by atoms with Crippen LogP contribution in [0.1, 0.15) is 28.2 Å². The fourth-order valence-electron chi connectivity index (χ4n) is 3.47. The summed E-state index contributed by atoms with van der Waals surface area (Å²) < 4.78 is 16.1. The van der Waals surface area contributed by atoms with Crippen LogP contribution in [0.5, 0.6) is 11.5 Å². The molecule has 1 aromatic carbocycles. The van der Waals surface area contributed by atoms with Gasteiger partial charge >= 0.3 is 0 Å². The Bertz CT molecular complexity index is 821. The zero-order valence-electron chi connectivity index (χ0n) is 15.2. The highest BCUT2D eigenvalue weighted by Crippen LogP contribution is 2.31. The summed E-state index contributed by atoms with van der Waals surface area (Å²) in [7, 11) is 0. The zero-order chi connectivity index (χ0) is 18.8. The molecular formula is C19H23N3O5. The zero-order valence-corrected chi connectivity index (χ0v) is 15.2. The number of nitrogens with one attached hydrogen (secondary N) is 1. The normalized spacial score (nSPS) is 22.4. The van der Waals surface area contributed by atoms with Crippen LogP contribution in [-0.4, -0.2) is 59.5 Å². The predicted molar refractivity (Wildman–Crippen MR) is 95.8 cm³/mol. The molecule has 8 heteroatoms. The largest absolute Gasteiger partial charge is 0.486 e. The van der Waals surface area contributed by atoms with E-state index in [-0.39, 0.29) is 17.6 Å². The van der Waals surface area contributed by atoms with Crippen molar-refractivity contribution < 1.29 is 23.9 Å². The summed E-state index contributed by atoms with van der Waals surface area (Å²) in [6.07, 6.45) is 0.0155. The van der Waals surface area contributed by atoms with Crippen LogP contribution in [0, 0.1) is 6.92 Å². The first-order valence-electron chi connectivity index (χ1n) is 9.11. The molecule has 2 aliphatic rings. The summed E-state index contributed by atoms with van der Waals surface area (Å²) in [6.45, 7) is 4.83. The van der Waals surface area contributed by atoms with Crippen LogP contribution in [0.15, 0.2) is 28.8 Å². The Morgan fingerprint density at radius 3 is 2.85 bits per heavy atom. The predicted octanol–water partition coefficient (Wildman–Crippen LogP) is 1.12. The Kier molecular flexibility index (Phi) is 5.00. The van der Waals surface area contributed by atoms with Crippen LogP contribution in [0.2, 0.25) is 0 Å².